The number of hydrogen-bond acceptors (Lipinski definition) is 4. The van der Waals surface area contributed by atoms with E-state index in [0.717, 1.165) is 0 Å². The Morgan fingerprint density at radius 3 is 2.31 bits per heavy atom. The molecule has 0 aliphatic carbocycles. The normalized spacial score (nSPS) is 14.2. The van der Waals surface area contributed by atoms with E-state index in [2.05, 4.69) is 10.1 Å². The molecule has 5 nitrogen and oxygen atoms in total. The van der Waals surface area contributed by atoms with Crippen molar-refractivity contribution in [1.82, 2.24) is 9.88 Å². The minimum atomic E-state index is -1.69. The van der Waals surface area contributed by atoms with E-state index in [1.54, 1.807) is 17.9 Å². The maximum Gasteiger partial charge on any atom is 0.230 e. The molecule has 1 aromatic carbocycles. The fourth-order valence-electron chi connectivity index (χ4n) is 2.46. The summed E-state index contributed by atoms with van der Waals surface area (Å²) in [6.45, 7) is 2.46. The van der Waals surface area contributed by atoms with Crippen molar-refractivity contribution >= 4 is 5.84 Å². The summed E-state index contributed by atoms with van der Waals surface area (Å²) >= 11 is 0. The lowest BCUT2D eigenvalue weighted by molar-refractivity contribution is 0.307. The number of nitrogens with zero attached hydrogens (tertiary/aromatic N) is 3. The van der Waals surface area contributed by atoms with Gasteiger partial charge in [0.05, 0.1) is 5.56 Å². The predicted octanol–water partition coefficient (Wildman–Crippen LogP) is 3.75. The van der Waals surface area contributed by atoms with Crippen molar-refractivity contribution in [1.29, 1.82) is 0 Å². The highest BCUT2D eigenvalue weighted by Crippen LogP contribution is 2.32. The Balaban J connectivity index is 2.08. The number of halogens is 4. The summed E-state index contributed by atoms with van der Waals surface area (Å²) in [5.74, 6) is -8.17. The van der Waals surface area contributed by atoms with Crippen LogP contribution in [-0.2, 0) is 0 Å². The van der Waals surface area contributed by atoms with Gasteiger partial charge in [-0.25, -0.2) is 13.8 Å². The number of aryl methyl sites for hydroxylation is 1. The van der Waals surface area contributed by atoms with Crippen LogP contribution in [0.2, 0.25) is 0 Å². The summed E-state index contributed by atoms with van der Waals surface area (Å²) < 4.78 is 59.7. The van der Waals surface area contributed by atoms with E-state index in [1.807, 2.05) is 12.2 Å². The lowest BCUT2D eigenvalue weighted by Gasteiger charge is -2.20. The number of aromatic nitrogens is 1. The molecule has 1 aliphatic heterocycles. The SMILES string of the molecule is Cc1ccc(/C(=N/O)N2CC=CC2)c(Oc2c(F)c(F)cc(F)c2F)n1. The first-order valence-corrected chi connectivity index (χ1v) is 7.53. The lowest BCUT2D eigenvalue weighted by atomic mass is 10.2. The second-order valence-electron chi connectivity index (χ2n) is 5.50. The van der Waals surface area contributed by atoms with Crippen molar-refractivity contribution in [3.8, 4) is 11.6 Å². The van der Waals surface area contributed by atoms with E-state index >= 15 is 0 Å². The number of benzene rings is 1. The minimum Gasteiger partial charge on any atom is -0.432 e. The molecule has 0 atom stereocenters. The Morgan fingerprint density at radius 1 is 1.12 bits per heavy atom. The Bertz CT molecular complexity index is 881. The quantitative estimate of drug-likeness (QED) is 0.171. The summed E-state index contributed by atoms with van der Waals surface area (Å²) in [6, 6.07) is 3.12. The van der Waals surface area contributed by atoms with Crippen molar-refractivity contribution in [2.24, 2.45) is 5.16 Å². The molecule has 9 heteroatoms. The third-order valence-corrected chi connectivity index (χ3v) is 3.72. The van der Waals surface area contributed by atoms with Crippen LogP contribution < -0.4 is 4.74 Å². The monoisotopic (exact) mass is 367 g/mol. The average molecular weight is 367 g/mol. The summed E-state index contributed by atoms with van der Waals surface area (Å²) in [5.41, 5.74) is 0.517. The van der Waals surface area contributed by atoms with Gasteiger partial charge in [-0.05, 0) is 19.1 Å². The van der Waals surface area contributed by atoms with E-state index in [-0.39, 0.29) is 23.3 Å². The zero-order chi connectivity index (χ0) is 18.8. The van der Waals surface area contributed by atoms with Crippen molar-refractivity contribution in [3.63, 3.8) is 0 Å². The molecule has 0 radical (unpaired) electrons. The first-order valence-electron chi connectivity index (χ1n) is 7.53. The molecule has 0 spiro atoms. The summed E-state index contributed by atoms with van der Waals surface area (Å²) in [7, 11) is 0. The van der Waals surface area contributed by atoms with E-state index in [1.165, 1.54) is 6.07 Å². The first kappa shape index (κ1) is 17.7. The highest BCUT2D eigenvalue weighted by Gasteiger charge is 2.25. The van der Waals surface area contributed by atoms with Crippen LogP contribution in [0, 0.1) is 30.2 Å². The Hall–Kier alpha value is -3.10. The molecule has 0 fully saturated rings. The highest BCUT2D eigenvalue weighted by atomic mass is 19.2. The zero-order valence-electron chi connectivity index (χ0n) is 13.5. The van der Waals surface area contributed by atoms with Crippen molar-refractivity contribution in [2.45, 2.75) is 6.92 Å². The standard InChI is InChI=1S/C17H13F4N3O2/c1-9-4-5-10(16(23-25)24-6-2-3-7-24)17(22-9)26-15-13(20)11(18)8-12(19)14(15)21/h2-5,8,25H,6-7H2,1H3/b23-16-. The molecule has 26 heavy (non-hydrogen) atoms. The van der Waals surface area contributed by atoms with Gasteiger partial charge in [-0.15, -0.1) is 0 Å². The van der Waals surface area contributed by atoms with Gasteiger partial charge in [-0.3, -0.25) is 0 Å². The number of rotatable bonds is 3. The number of ether oxygens (including phenoxy) is 1. The second kappa shape index (κ2) is 7.03. The summed E-state index contributed by atoms with van der Waals surface area (Å²) in [6.07, 6.45) is 3.66. The highest BCUT2D eigenvalue weighted by molar-refractivity contribution is 6.00. The molecule has 2 aromatic rings. The third-order valence-electron chi connectivity index (χ3n) is 3.72. The molecule has 1 aliphatic rings. The number of oxime groups is 1. The van der Waals surface area contributed by atoms with Gasteiger partial charge in [0.25, 0.3) is 0 Å². The Kier molecular flexibility index (Phi) is 4.79. The Labute approximate surface area is 145 Å². The third kappa shape index (κ3) is 3.19. The molecular weight excluding hydrogens is 354 g/mol. The van der Waals surface area contributed by atoms with Gasteiger partial charge in [0, 0.05) is 24.8 Å². The van der Waals surface area contributed by atoms with Crippen LogP contribution in [0.4, 0.5) is 17.6 Å². The van der Waals surface area contributed by atoms with Gasteiger partial charge in [-0.1, -0.05) is 17.3 Å². The molecule has 3 rings (SSSR count). The number of pyridine rings is 1. The van der Waals surface area contributed by atoms with E-state index < -0.39 is 29.0 Å². The van der Waals surface area contributed by atoms with Crippen molar-refractivity contribution < 1.29 is 27.5 Å². The molecular formula is C17H13F4N3O2. The molecule has 0 amide bonds. The average Bonchev–Trinajstić information content (AvgIpc) is 3.13. The van der Waals surface area contributed by atoms with Crippen LogP contribution in [0.3, 0.4) is 0 Å². The maximum absolute atomic E-state index is 13.9. The summed E-state index contributed by atoms with van der Waals surface area (Å²) in [5, 5.41) is 12.6. The van der Waals surface area contributed by atoms with Gasteiger partial charge in [0.15, 0.2) is 17.5 Å². The molecule has 136 valence electrons. The number of hydrogen-bond donors (Lipinski definition) is 1. The van der Waals surface area contributed by atoms with Gasteiger partial charge < -0.3 is 14.8 Å². The molecule has 2 heterocycles. The fourth-order valence-corrected chi connectivity index (χ4v) is 2.46. The van der Waals surface area contributed by atoms with Crippen molar-refractivity contribution in [3.05, 3.63) is 64.9 Å². The largest absolute Gasteiger partial charge is 0.432 e. The Morgan fingerprint density at radius 2 is 1.73 bits per heavy atom. The van der Waals surface area contributed by atoms with E-state index in [4.69, 9.17) is 4.74 Å². The smallest absolute Gasteiger partial charge is 0.230 e. The van der Waals surface area contributed by atoms with Crippen molar-refractivity contribution in [2.75, 3.05) is 13.1 Å². The van der Waals surface area contributed by atoms with Crippen LogP contribution in [0.5, 0.6) is 11.6 Å². The van der Waals surface area contributed by atoms with Crippen LogP contribution in [0.25, 0.3) is 0 Å². The van der Waals surface area contributed by atoms with E-state index in [9.17, 15) is 22.8 Å². The minimum absolute atomic E-state index is 0.0372. The molecule has 0 bridgehead atoms. The van der Waals surface area contributed by atoms with Crippen LogP contribution >= 0.6 is 0 Å². The first-order chi connectivity index (χ1) is 12.4. The molecule has 0 unspecified atom stereocenters. The van der Waals surface area contributed by atoms with Crippen LogP contribution in [0.1, 0.15) is 11.3 Å². The predicted molar refractivity (Wildman–Crippen MR) is 84.4 cm³/mol. The fraction of sp³-hybridized carbons (Fsp3) is 0.176. The van der Waals surface area contributed by atoms with Gasteiger partial charge >= 0.3 is 0 Å². The molecule has 1 aromatic heterocycles. The van der Waals surface area contributed by atoms with Gasteiger partial charge in [-0.2, -0.15) is 8.78 Å². The summed E-state index contributed by atoms with van der Waals surface area (Å²) in [4.78, 5) is 5.65. The lowest BCUT2D eigenvalue weighted by Crippen LogP contribution is -2.29. The molecule has 1 N–H and O–H groups in total. The zero-order valence-corrected chi connectivity index (χ0v) is 13.5. The molecule has 0 saturated carbocycles. The van der Waals surface area contributed by atoms with Crippen LogP contribution in [-0.4, -0.2) is 34.0 Å². The van der Waals surface area contributed by atoms with Gasteiger partial charge in [0.2, 0.25) is 23.3 Å². The topological polar surface area (TPSA) is 58.0 Å². The maximum atomic E-state index is 13.9. The van der Waals surface area contributed by atoms with Crippen LogP contribution in [0.15, 0.2) is 35.5 Å². The molecule has 0 saturated heterocycles. The van der Waals surface area contributed by atoms with Gasteiger partial charge in [0.1, 0.15) is 0 Å². The number of amidine groups is 1. The van der Waals surface area contributed by atoms with E-state index in [0.29, 0.717) is 18.8 Å². The second-order valence-corrected chi connectivity index (χ2v) is 5.50.